The maximum Gasteiger partial charge on any atom is 0.164 e. The van der Waals surface area contributed by atoms with Crippen molar-refractivity contribution in [3.8, 4) is 119 Å². The highest BCUT2D eigenvalue weighted by Gasteiger charge is 2.40. The van der Waals surface area contributed by atoms with Gasteiger partial charge in [-0.1, -0.05) is 354 Å². The van der Waals surface area contributed by atoms with E-state index in [1.165, 1.54) is 32.7 Å². The Hall–Kier alpha value is -18.0. The van der Waals surface area contributed by atoms with Crippen molar-refractivity contribution in [1.29, 1.82) is 0 Å². The summed E-state index contributed by atoms with van der Waals surface area (Å²) in [5.41, 5.74) is 30.3. The Labute approximate surface area is 776 Å². The lowest BCUT2D eigenvalue weighted by atomic mass is 9.73. The Morgan fingerprint density at radius 1 is 0.156 bits per heavy atom. The minimum absolute atomic E-state index is 0.374. The quantitative estimate of drug-likeness (QED) is 0.107. The molecule has 0 bridgehead atoms. The third-order valence-corrected chi connectivity index (χ3v) is 27.7. The minimum Gasteiger partial charge on any atom is -0.307 e. The number of benzene rings is 19. The molecule has 27 rings (SSSR count). The van der Waals surface area contributed by atoms with Crippen molar-refractivity contribution in [2.75, 3.05) is 4.90 Å². The lowest BCUT2D eigenvalue weighted by Gasteiger charge is -2.43. The lowest BCUT2D eigenvalue weighted by Crippen LogP contribution is -2.31. The monoisotopic (exact) mass is 1720 g/mol. The molecule has 632 valence electrons. The van der Waals surface area contributed by atoms with Crippen LogP contribution in [0, 0.1) is 0 Å². The van der Waals surface area contributed by atoms with E-state index in [0.717, 1.165) is 189 Å². The van der Waals surface area contributed by atoms with E-state index in [9.17, 15) is 0 Å². The van der Waals surface area contributed by atoms with Crippen LogP contribution >= 0.6 is 0 Å². The van der Waals surface area contributed by atoms with Gasteiger partial charge in [-0.3, -0.25) is 0 Å². The summed E-state index contributed by atoms with van der Waals surface area (Å²) in [4.78, 5) is 34.5. The predicted octanol–water partition coefficient (Wildman–Crippen LogP) is 31.0. The van der Waals surface area contributed by atoms with Crippen molar-refractivity contribution in [1.82, 2.24) is 52.7 Å². The smallest absolute Gasteiger partial charge is 0.164 e. The van der Waals surface area contributed by atoms with E-state index in [0.29, 0.717) is 34.9 Å². The normalized spacial score (nSPS) is 12.6. The summed E-state index contributed by atoms with van der Waals surface area (Å²) in [5, 5.41) is 11.4. The van der Waals surface area contributed by atoms with Gasteiger partial charge >= 0.3 is 0 Å². The van der Waals surface area contributed by atoms with Crippen LogP contribution in [0.2, 0.25) is 0 Å². The SMILES string of the molecule is CC1(C)c2ccccc2N(c2c(-n3c4ccccc4c4ccccc43)cc(-c3nc(-c4ccccc4)nc(-c4ccccc4)n3)cc2-n2c3ccccc3c3cc(-c4ccc5c(c4)c4ccccc4n5-c4cc(-c5ccc(-c6nc(-c7ccccc7)nc(-c7ccccc7)n6)cc5)cc(-n5c6ccccc6c6ccccc65)c4-n4c5ccccc5c5ccccc54)ccc32)c2ccccc21. The third-order valence-electron chi connectivity index (χ3n) is 27.7. The van der Waals surface area contributed by atoms with Gasteiger partial charge in [-0.2, -0.15) is 0 Å². The Morgan fingerprint density at radius 2 is 0.378 bits per heavy atom. The van der Waals surface area contributed by atoms with Gasteiger partial charge in [0.1, 0.15) is 0 Å². The van der Waals surface area contributed by atoms with E-state index in [2.05, 4.69) is 418 Å². The maximum absolute atomic E-state index is 5.59. The van der Waals surface area contributed by atoms with Crippen molar-refractivity contribution in [3.63, 3.8) is 0 Å². The standard InChI is InChI=1S/C123H80N12/c1-123(2)97-51-23-33-61-109(97)135(110-62-34-24-52-98(110)123)116-113(131-101-55-27-17-45-89(101)90-46-18-28-56-102(90)131)75-86(122-128-119(80-39-11-5-12-40-80)125-120(129-122)81-41-13-6-14-42-81)76-114(116)133-104-58-30-22-50-94(104)96-72-84(68-70-108(96)133)83-67-69-107-95(71-83)93-49-21-29-57-103(93)132(107)112-74-85(77-63-65-82(66-64-77)121-126-117(78-35-7-3-8-36-78)124-118(127-121)79-37-9-4-10-38-79)73-111(130-99-53-25-15-43-87(99)88-44-16-26-54-100(88)130)115(112)134-105-59-31-19-47-91(105)92-48-20-32-60-106(92)134/h3-76H,1-2H3. The van der Waals surface area contributed by atoms with Crippen LogP contribution in [0.5, 0.6) is 0 Å². The van der Waals surface area contributed by atoms with Crippen LogP contribution in [0.1, 0.15) is 25.0 Å². The molecule has 135 heavy (non-hydrogen) atoms. The van der Waals surface area contributed by atoms with Gasteiger partial charge in [0.25, 0.3) is 0 Å². The van der Waals surface area contributed by atoms with Gasteiger partial charge in [-0.15, -0.1) is 0 Å². The van der Waals surface area contributed by atoms with Crippen molar-refractivity contribution >= 4 is 126 Å². The van der Waals surface area contributed by atoms with Crippen molar-refractivity contribution < 1.29 is 0 Å². The number of para-hydroxylation sites is 10. The average Bonchev–Trinajstić information content (AvgIpc) is 1.61. The van der Waals surface area contributed by atoms with Gasteiger partial charge in [-0.25, -0.2) is 29.9 Å². The van der Waals surface area contributed by atoms with Crippen LogP contribution in [0.3, 0.4) is 0 Å². The summed E-state index contributed by atoms with van der Waals surface area (Å²) in [6.45, 7) is 4.74. The molecule has 0 atom stereocenters. The van der Waals surface area contributed by atoms with Gasteiger partial charge in [0.2, 0.25) is 0 Å². The second-order valence-electron chi connectivity index (χ2n) is 35.7. The summed E-state index contributed by atoms with van der Waals surface area (Å²) in [7, 11) is 0. The van der Waals surface area contributed by atoms with Gasteiger partial charge in [0, 0.05) is 92.7 Å². The van der Waals surface area contributed by atoms with Crippen molar-refractivity contribution in [2.45, 2.75) is 19.3 Å². The molecule has 1 aliphatic rings. The summed E-state index contributed by atoms with van der Waals surface area (Å²) >= 11 is 0. The molecule has 0 saturated heterocycles. The zero-order valence-electron chi connectivity index (χ0n) is 73.6. The fourth-order valence-corrected chi connectivity index (χ4v) is 21.6. The fraction of sp³-hybridized carbons (Fsp3) is 0.0244. The van der Waals surface area contributed by atoms with Gasteiger partial charge in [0.15, 0.2) is 34.9 Å². The molecule has 0 fully saturated rings. The zero-order valence-corrected chi connectivity index (χ0v) is 73.6. The van der Waals surface area contributed by atoms with E-state index >= 15 is 0 Å². The van der Waals surface area contributed by atoms with E-state index in [4.69, 9.17) is 29.9 Å². The van der Waals surface area contributed by atoms with Crippen molar-refractivity contribution in [3.05, 3.63) is 460 Å². The largest absolute Gasteiger partial charge is 0.307 e. The van der Waals surface area contributed by atoms with Crippen molar-refractivity contribution in [2.24, 2.45) is 0 Å². The summed E-state index contributed by atoms with van der Waals surface area (Å²) in [6.07, 6.45) is 0. The number of nitrogens with zero attached hydrogens (tertiary/aromatic N) is 12. The Morgan fingerprint density at radius 3 is 0.696 bits per heavy atom. The molecular weight excluding hydrogens is 1650 g/mol. The Balaban J connectivity index is 0.701. The van der Waals surface area contributed by atoms with Crippen LogP contribution in [-0.2, 0) is 5.41 Å². The molecule has 12 nitrogen and oxygen atoms in total. The molecule has 0 N–H and O–H groups in total. The molecule has 26 aromatic rings. The highest BCUT2D eigenvalue weighted by molar-refractivity contribution is 6.18. The first-order valence-corrected chi connectivity index (χ1v) is 46.0. The number of anilines is 3. The predicted molar refractivity (Wildman–Crippen MR) is 555 cm³/mol. The number of hydrogen-bond donors (Lipinski definition) is 0. The zero-order chi connectivity index (χ0) is 89.1. The molecule has 0 radical (unpaired) electrons. The van der Waals surface area contributed by atoms with E-state index in [1.807, 2.05) is 72.8 Å². The molecule has 1 aliphatic heterocycles. The number of aromatic nitrogens is 11. The van der Waals surface area contributed by atoms with E-state index in [-0.39, 0.29) is 5.41 Å². The molecular formula is C123H80N12. The van der Waals surface area contributed by atoms with Crippen LogP contribution in [-0.4, -0.2) is 52.7 Å². The molecule has 12 heteroatoms. The maximum atomic E-state index is 5.59. The van der Waals surface area contributed by atoms with Crippen LogP contribution in [0.15, 0.2) is 449 Å². The van der Waals surface area contributed by atoms with Gasteiger partial charge < -0.3 is 27.7 Å². The summed E-state index contributed by atoms with van der Waals surface area (Å²) in [6, 6.07) is 163. The first-order chi connectivity index (χ1) is 66.7. The first kappa shape index (κ1) is 77.0. The van der Waals surface area contributed by atoms with Crippen LogP contribution < -0.4 is 4.90 Å². The fourth-order valence-electron chi connectivity index (χ4n) is 21.6. The molecule has 8 heterocycles. The summed E-state index contributed by atoms with van der Waals surface area (Å²) in [5.74, 6) is 3.50. The molecule has 0 spiro atoms. The first-order valence-electron chi connectivity index (χ1n) is 46.0. The topological polar surface area (TPSA) is 105 Å². The molecule has 0 unspecified atom stereocenters. The summed E-state index contributed by atoms with van der Waals surface area (Å²) < 4.78 is 12.6. The Kier molecular flexibility index (Phi) is 17.4. The number of hydrogen-bond acceptors (Lipinski definition) is 7. The molecule has 7 aromatic heterocycles. The molecule has 0 saturated carbocycles. The van der Waals surface area contributed by atoms with Crippen LogP contribution in [0.4, 0.5) is 17.1 Å². The molecule has 0 aliphatic carbocycles. The number of fused-ring (bicyclic) bond motifs is 17. The second-order valence-corrected chi connectivity index (χ2v) is 35.7. The molecule has 19 aromatic carbocycles. The third kappa shape index (κ3) is 12.2. The minimum atomic E-state index is -0.374. The second kappa shape index (κ2) is 30.6. The van der Waals surface area contributed by atoms with Gasteiger partial charge in [-0.05, 0) is 143 Å². The highest BCUT2D eigenvalue weighted by atomic mass is 15.2. The van der Waals surface area contributed by atoms with Gasteiger partial charge in [0.05, 0.1) is 101 Å². The van der Waals surface area contributed by atoms with Crippen LogP contribution in [0.25, 0.3) is 228 Å². The van der Waals surface area contributed by atoms with E-state index < -0.39 is 0 Å². The average molecular weight is 1730 g/mol. The van der Waals surface area contributed by atoms with E-state index in [1.54, 1.807) is 0 Å². The Bertz CT molecular complexity index is 9020. The lowest BCUT2D eigenvalue weighted by molar-refractivity contribution is 0.632. The highest BCUT2D eigenvalue weighted by Crippen LogP contribution is 2.57. The number of rotatable bonds is 14. The molecule has 0 amide bonds.